The van der Waals surface area contributed by atoms with E-state index >= 15 is 0 Å². The molecule has 2 aromatic carbocycles. The number of carboxylic acids is 1. The number of amides is 1. The highest BCUT2D eigenvalue weighted by Gasteiger charge is 2.34. The van der Waals surface area contributed by atoms with Gasteiger partial charge in [-0.05, 0) is 48.5 Å². The third-order valence-electron chi connectivity index (χ3n) is 6.25. The Morgan fingerprint density at radius 2 is 1.76 bits per heavy atom. The molecular formula is C28H23F3N8O3. The average molecular weight is 577 g/mol. The molecule has 5 rings (SSSR count). The molecule has 0 spiro atoms. The highest BCUT2D eigenvalue weighted by atomic mass is 19.4. The summed E-state index contributed by atoms with van der Waals surface area (Å²) >= 11 is 0. The van der Waals surface area contributed by atoms with Crippen LogP contribution >= 0.6 is 0 Å². The zero-order valence-corrected chi connectivity index (χ0v) is 21.9. The van der Waals surface area contributed by atoms with Crippen molar-refractivity contribution in [1.29, 1.82) is 0 Å². The number of aliphatic carboxylic acids is 1. The summed E-state index contributed by atoms with van der Waals surface area (Å²) in [4.78, 5) is 45.9. The summed E-state index contributed by atoms with van der Waals surface area (Å²) in [6.07, 6.45) is -2.19. The molecule has 0 bridgehead atoms. The maximum absolute atomic E-state index is 13.4. The van der Waals surface area contributed by atoms with Gasteiger partial charge in [-0.15, -0.1) is 0 Å². The Morgan fingerprint density at radius 1 is 1.00 bits per heavy atom. The van der Waals surface area contributed by atoms with Crippen LogP contribution < -0.4 is 15.5 Å². The van der Waals surface area contributed by atoms with Gasteiger partial charge in [-0.1, -0.05) is 18.2 Å². The summed E-state index contributed by atoms with van der Waals surface area (Å²) in [7, 11) is 1.70. The van der Waals surface area contributed by atoms with Gasteiger partial charge in [0.05, 0.1) is 17.9 Å². The number of hydrogen-bond acceptors (Lipinski definition) is 8. The van der Waals surface area contributed by atoms with E-state index in [2.05, 4.69) is 35.6 Å². The van der Waals surface area contributed by atoms with E-state index in [4.69, 9.17) is 0 Å². The van der Waals surface area contributed by atoms with Crippen LogP contribution in [0.25, 0.3) is 22.3 Å². The number of nitrogens with zero attached hydrogens (tertiary/aromatic N) is 5. The van der Waals surface area contributed by atoms with Crippen molar-refractivity contribution in [3.05, 3.63) is 90.4 Å². The smallest absolute Gasteiger partial charge is 0.433 e. The van der Waals surface area contributed by atoms with Crippen LogP contribution in [0.15, 0.2) is 79.1 Å². The normalized spacial score (nSPS) is 12.1. The molecule has 5 aromatic rings. The van der Waals surface area contributed by atoms with E-state index in [1.54, 1.807) is 67.8 Å². The number of carboxylic acid groups (broad SMARTS) is 1. The molecule has 42 heavy (non-hydrogen) atoms. The highest BCUT2D eigenvalue weighted by molar-refractivity contribution is 6.00. The van der Waals surface area contributed by atoms with Crippen LogP contribution in [0.5, 0.6) is 0 Å². The van der Waals surface area contributed by atoms with Crippen LogP contribution in [-0.4, -0.2) is 61.5 Å². The van der Waals surface area contributed by atoms with Gasteiger partial charge in [-0.25, -0.2) is 24.7 Å². The van der Waals surface area contributed by atoms with E-state index in [9.17, 15) is 27.9 Å². The molecule has 1 unspecified atom stereocenters. The molecule has 0 saturated carbocycles. The highest BCUT2D eigenvalue weighted by Crippen LogP contribution is 2.30. The second kappa shape index (κ2) is 11.5. The van der Waals surface area contributed by atoms with Crippen molar-refractivity contribution in [2.24, 2.45) is 0 Å². The molecule has 214 valence electrons. The zero-order valence-electron chi connectivity index (χ0n) is 21.9. The number of benzene rings is 2. The number of alkyl halides is 3. The van der Waals surface area contributed by atoms with E-state index in [-0.39, 0.29) is 11.5 Å². The maximum atomic E-state index is 13.4. The number of rotatable bonds is 9. The molecule has 1 amide bonds. The lowest BCUT2D eigenvalue weighted by Crippen LogP contribution is -2.48. The first-order valence-corrected chi connectivity index (χ1v) is 12.5. The number of para-hydroxylation sites is 1. The lowest BCUT2D eigenvalue weighted by atomic mass is 10.1. The predicted molar refractivity (Wildman–Crippen MR) is 148 cm³/mol. The Hall–Kier alpha value is -5.53. The van der Waals surface area contributed by atoms with Crippen molar-refractivity contribution < 1.29 is 27.9 Å². The second-order valence-corrected chi connectivity index (χ2v) is 9.05. The molecule has 11 nitrogen and oxygen atoms in total. The number of carbonyl (C=O) groups is 2. The van der Waals surface area contributed by atoms with Gasteiger partial charge in [0.15, 0.2) is 0 Å². The van der Waals surface area contributed by atoms with E-state index in [0.717, 1.165) is 17.8 Å². The molecular weight excluding hydrogens is 553 g/mol. The van der Waals surface area contributed by atoms with Gasteiger partial charge in [0, 0.05) is 41.6 Å². The van der Waals surface area contributed by atoms with Crippen LogP contribution in [0.1, 0.15) is 16.1 Å². The van der Waals surface area contributed by atoms with E-state index in [0.29, 0.717) is 28.4 Å². The van der Waals surface area contributed by atoms with Crippen molar-refractivity contribution >= 4 is 40.4 Å². The van der Waals surface area contributed by atoms with Crippen LogP contribution in [0.3, 0.4) is 0 Å². The number of aromatic amines is 1. The van der Waals surface area contributed by atoms with Crippen molar-refractivity contribution in [1.82, 2.24) is 30.2 Å². The van der Waals surface area contributed by atoms with Gasteiger partial charge >= 0.3 is 12.1 Å². The van der Waals surface area contributed by atoms with Crippen LogP contribution in [0.4, 0.5) is 30.8 Å². The molecule has 0 aliphatic heterocycles. The summed E-state index contributed by atoms with van der Waals surface area (Å²) in [5.74, 6) is -2.02. The van der Waals surface area contributed by atoms with Gasteiger partial charge < -0.3 is 25.6 Å². The fourth-order valence-electron chi connectivity index (χ4n) is 4.20. The van der Waals surface area contributed by atoms with Crippen molar-refractivity contribution in [3.8, 4) is 11.4 Å². The molecule has 3 aromatic heterocycles. The largest absolute Gasteiger partial charge is 0.480 e. The van der Waals surface area contributed by atoms with Crippen molar-refractivity contribution in [3.63, 3.8) is 0 Å². The molecule has 4 N–H and O–H groups in total. The number of aromatic nitrogens is 5. The van der Waals surface area contributed by atoms with Gasteiger partial charge in [0.2, 0.25) is 11.9 Å². The lowest BCUT2D eigenvalue weighted by molar-refractivity contribution is -0.141. The van der Waals surface area contributed by atoms with Gasteiger partial charge in [-0.2, -0.15) is 13.2 Å². The minimum atomic E-state index is -4.74. The molecule has 14 heteroatoms. The first-order chi connectivity index (χ1) is 20.1. The molecule has 0 fully saturated rings. The number of carbonyl (C=O) groups excluding carboxylic acids is 1. The average Bonchev–Trinajstić information content (AvgIpc) is 3.43. The molecule has 1 atom stereocenters. The third-order valence-corrected chi connectivity index (χ3v) is 6.25. The number of anilines is 3. The third kappa shape index (κ3) is 6.11. The summed E-state index contributed by atoms with van der Waals surface area (Å²) < 4.78 is 40.1. The maximum Gasteiger partial charge on any atom is 0.433 e. The predicted octanol–water partition coefficient (Wildman–Crippen LogP) is 4.50. The lowest BCUT2D eigenvalue weighted by Gasteiger charge is -2.27. The second-order valence-electron chi connectivity index (χ2n) is 9.05. The van der Waals surface area contributed by atoms with Crippen LogP contribution in [-0.2, 0) is 11.0 Å². The first kappa shape index (κ1) is 28.0. The monoisotopic (exact) mass is 576 g/mol. The quantitative estimate of drug-likeness (QED) is 0.199. The molecule has 0 saturated heterocycles. The Bertz CT molecular complexity index is 1740. The van der Waals surface area contributed by atoms with Crippen molar-refractivity contribution in [2.75, 3.05) is 23.8 Å². The Kier molecular flexibility index (Phi) is 7.69. The number of H-pyrrole nitrogens is 1. The standard InChI is InChI=1S/C28H23F3N8O3/c1-32-26-33-11-9-20(37-26)21-14-17-13-16(7-8-19(17)35-21)24(40)36-22(25(41)42)15-39(18-5-3-2-4-6-18)27-34-12-10-23(38-27)28(29,30)31/h2-14,22,35H,15H2,1H3,(H,36,40)(H,41,42)(H,32,33,37). The summed E-state index contributed by atoms with van der Waals surface area (Å²) in [6.45, 7) is -0.454. The van der Waals surface area contributed by atoms with Crippen LogP contribution in [0.2, 0.25) is 0 Å². The molecule has 3 heterocycles. The van der Waals surface area contributed by atoms with E-state index in [1.807, 2.05) is 0 Å². The Labute approximate surface area is 236 Å². The summed E-state index contributed by atoms with van der Waals surface area (Å²) in [5, 5.41) is 16.0. The minimum Gasteiger partial charge on any atom is -0.480 e. The first-order valence-electron chi connectivity index (χ1n) is 12.5. The number of hydrogen-bond donors (Lipinski definition) is 4. The number of nitrogens with one attached hydrogen (secondary N) is 3. The summed E-state index contributed by atoms with van der Waals surface area (Å²) in [5.41, 5.74) is 1.36. The zero-order chi connectivity index (χ0) is 29.9. The Morgan fingerprint density at radius 3 is 2.48 bits per heavy atom. The molecule has 0 aliphatic rings. The fourth-order valence-corrected chi connectivity index (χ4v) is 4.20. The van der Waals surface area contributed by atoms with Gasteiger partial charge in [-0.3, -0.25) is 4.79 Å². The van der Waals surface area contributed by atoms with Gasteiger partial charge in [0.25, 0.3) is 5.91 Å². The van der Waals surface area contributed by atoms with Crippen LogP contribution in [0, 0.1) is 0 Å². The van der Waals surface area contributed by atoms with E-state index < -0.39 is 36.3 Å². The molecule has 0 aliphatic carbocycles. The summed E-state index contributed by atoms with van der Waals surface area (Å²) in [6, 6.07) is 15.6. The van der Waals surface area contributed by atoms with Crippen molar-refractivity contribution in [2.45, 2.75) is 12.2 Å². The van der Waals surface area contributed by atoms with Gasteiger partial charge in [0.1, 0.15) is 11.7 Å². The fraction of sp³-hybridized carbons (Fsp3) is 0.143. The minimum absolute atomic E-state index is 0.180. The topological polar surface area (TPSA) is 149 Å². The Balaban J connectivity index is 1.41. The number of fused-ring (bicyclic) bond motifs is 1. The number of halogens is 3. The molecule has 0 radical (unpaired) electrons. The SMILES string of the molecule is CNc1nccc(-c2cc3cc(C(=O)NC(CN(c4ccccc4)c4nccc(C(F)(F)F)n4)C(=O)O)ccc3[nH]2)n1. The van der Waals surface area contributed by atoms with E-state index in [1.165, 1.54) is 11.0 Å².